The summed E-state index contributed by atoms with van der Waals surface area (Å²) in [6.45, 7) is 0. The minimum atomic E-state index is -0.618. The molecule has 132 valence electrons. The van der Waals surface area contributed by atoms with Crippen molar-refractivity contribution < 1.29 is 19.0 Å². The van der Waals surface area contributed by atoms with Gasteiger partial charge in [0.2, 0.25) is 6.23 Å². The second-order valence-electron chi connectivity index (χ2n) is 5.60. The van der Waals surface area contributed by atoms with Crippen molar-refractivity contribution in [3.8, 4) is 22.8 Å². The minimum absolute atomic E-state index is 0.378. The average molecular weight is 368 g/mol. The van der Waals surface area contributed by atoms with Crippen LogP contribution in [-0.2, 0) is 4.74 Å². The maximum absolute atomic E-state index is 12.3. The van der Waals surface area contributed by atoms with Crippen LogP contribution >= 0.6 is 11.3 Å². The molecule has 0 bridgehead atoms. The lowest BCUT2D eigenvalue weighted by Crippen LogP contribution is -2.10. The van der Waals surface area contributed by atoms with Crippen LogP contribution in [0.25, 0.3) is 11.3 Å². The van der Waals surface area contributed by atoms with E-state index in [1.807, 2.05) is 35.7 Å². The number of aromatic nitrogens is 1. The van der Waals surface area contributed by atoms with Crippen molar-refractivity contribution in [1.82, 2.24) is 4.98 Å². The Morgan fingerprint density at radius 1 is 1.12 bits per heavy atom. The Morgan fingerprint density at radius 2 is 1.92 bits per heavy atom. The van der Waals surface area contributed by atoms with Gasteiger partial charge in [0.1, 0.15) is 5.56 Å². The molecule has 0 fully saturated rings. The van der Waals surface area contributed by atoms with E-state index in [9.17, 15) is 4.79 Å². The lowest BCUT2D eigenvalue weighted by Gasteiger charge is -2.13. The van der Waals surface area contributed by atoms with Crippen LogP contribution in [0.15, 0.2) is 47.8 Å². The number of hydrogen-bond acceptors (Lipinski definition) is 7. The summed E-state index contributed by atoms with van der Waals surface area (Å²) in [7, 11) is 3.03. The van der Waals surface area contributed by atoms with Crippen LogP contribution in [0.5, 0.6) is 11.5 Å². The fourth-order valence-corrected chi connectivity index (χ4v) is 3.64. The Balaban J connectivity index is 1.62. The Morgan fingerprint density at radius 3 is 2.65 bits per heavy atom. The average Bonchev–Trinajstić information content (AvgIpc) is 3.27. The molecule has 1 aliphatic heterocycles. The van der Waals surface area contributed by atoms with Crippen LogP contribution in [0.3, 0.4) is 0 Å². The van der Waals surface area contributed by atoms with E-state index in [1.54, 1.807) is 12.1 Å². The number of fused-ring (bicyclic) bond motifs is 1. The van der Waals surface area contributed by atoms with Crippen molar-refractivity contribution in [2.24, 2.45) is 0 Å². The zero-order chi connectivity index (χ0) is 18.1. The summed E-state index contributed by atoms with van der Waals surface area (Å²) in [4.78, 5) is 16.9. The maximum atomic E-state index is 12.3. The molecule has 2 heterocycles. The zero-order valence-corrected chi connectivity index (χ0v) is 15.0. The molecule has 6 nitrogen and oxygen atoms in total. The molecule has 1 aromatic heterocycles. The van der Waals surface area contributed by atoms with E-state index in [2.05, 4.69) is 10.3 Å². The van der Waals surface area contributed by atoms with Gasteiger partial charge in [-0.2, -0.15) is 0 Å². The van der Waals surface area contributed by atoms with Crippen LogP contribution in [0.1, 0.15) is 22.1 Å². The number of hydrogen-bond donors (Lipinski definition) is 1. The topological polar surface area (TPSA) is 69.7 Å². The molecular weight excluding hydrogens is 352 g/mol. The number of carbonyl (C=O) groups is 1. The molecule has 0 saturated carbocycles. The third-order valence-corrected chi connectivity index (χ3v) is 4.89. The molecule has 1 N–H and O–H groups in total. The summed E-state index contributed by atoms with van der Waals surface area (Å²) >= 11 is 1.46. The largest absolute Gasteiger partial charge is 0.493 e. The van der Waals surface area contributed by atoms with Crippen molar-refractivity contribution in [2.45, 2.75) is 6.23 Å². The fourth-order valence-electron chi connectivity index (χ4n) is 2.90. The second-order valence-corrected chi connectivity index (χ2v) is 6.46. The van der Waals surface area contributed by atoms with Gasteiger partial charge in [-0.1, -0.05) is 30.3 Å². The summed E-state index contributed by atoms with van der Waals surface area (Å²) in [6.07, 6.45) is -0.618. The number of nitrogens with zero attached hydrogens (tertiary/aromatic N) is 1. The number of anilines is 1. The monoisotopic (exact) mass is 368 g/mol. The molecule has 4 rings (SSSR count). The lowest BCUT2D eigenvalue weighted by atomic mass is 10.1. The number of nitrogens with one attached hydrogen (secondary N) is 1. The molecule has 7 heteroatoms. The van der Waals surface area contributed by atoms with Crippen molar-refractivity contribution in [3.63, 3.8) is 0 Å². The van der Waals surface area contributed by atoms with Crippen LogP contribution in [0.2, 0.25) is 0 Å². The van der Waals surface area contributed by atoms with Crippen molar-refractivity contribution in [3.05, 3.63) is 59.0 Å². The minimum Gasteiger partial charge on any atom is -0.493 e. The van der Waals surface area contributed by atoms with E-state index < -0.39 is 12.2 Å². The predicted octanol–water partition coefficient (Wildman–Crippen LogP) is 4.11. The summed E-state index contributed by atoms with van der Waals surface area (Å²) in [6, 6.07) is 13.5. The molecule has 3 aromatic rings. The van der Waals surface area contributed by atoms with Gasteiger partial charge in [0.25, 0.3) is 0 Å². The van der Waals surface area contributed by atoms with Gasteiger partial charge in [-0.25, -0.2) is 9.78 Å². The van der Waals surface area contributed by atoms with Gasteiger partial charge < -0.3 is 19.5 Å². The summed E-state index contributed by atoms with van der Waals surface area (Å²) < 4.78 is 16.1. The highest BCUT2D eigenvalue weighted by atomic mass is 32.1. The van der Waals surface area contributed by atoms with Gasteiger partial charge in [0.15, 0.2) is 16.6 Å². The van der Waals surface area contributed by atoms with E-state index in [1.165, 1.54) is 25.6 Å². The Bertz CT molecular complexity index is 955. The van der Waals surface area contributed by atoms with Crippen LogP contribution in [-0.4, -0.2) is 25.2 Å². The van der Waals surface area contributed by atoms with E-state index >= 15 is 0 Å². The molecule has 0 aliphatic carbocycles. The summed E-state index contributed by atoms with van der Waals surface area (Å²) in [5, 5.41) is 5.81. The highest BCUT2D eigenvalue weighted by Crippen LogP contribution is 2.42. The maximum Gasteiger partial charge on any atom is 0.344 e. The molecule has 26 heavy (non-hydrogen) atoms. The van der Waals surface area contributed by atoms with Gasteiger partial charge in [0, 0.05) is 16.5 Å². The van der Waals surface area contributed by atoms with Gasteiger partial charge in [-0.05, 0) is 12.1 Å². The van der Waals surface area contributed by atoms with Gasteiger partial charge in [-0.3, -0.25) is 0 Å². The Kier molecular flexibility index (Phi) is 4.22. The van der Waals surface area contributed by atoms with Gasteiger partial charge in [-0.15, -0.1) is 11.3 Å². The number of esters is 1. The molecule has 1 aliphatic rings. The molecule has 2 aromatic carbocycles. The highest BCUT2D eigenvalue weighted by molar-refractivity contribution is 7.14. The third-order valence-electron chi connectivity index (χ3n) is 4.12. The summed E-state index contributed by atoms with van der Waals surface area (Å²) in [5.41, 5.74) is 2.98. The van der Waals surface area contributed by atoms with Gasteiger partial charge in [0.05, 0.1) is 19.9 Å². The van der Waals surface area contributed by atoms with Crippen LogP contribution in [0, 0.1) is 0 Å². The zero-order valence-electron chi connectivity index (χ0n) is 14.2. The van der Waals surface area contributed by atoms with Crippen molar-refractivity contribution in [2.75, 3.05) is 19.5 Å². The molecule has 0 spiro atoms. The molecular formula is C19H16N2O4S. The van der Waals surface area contributed by atoms with E-state index in [4.69, 9.17) is 14.2 Å². The first-order valence-corrected chi connectivity index (χ1v) is 8.82. The fraction of sp³-hybridized carbons (Fsp3) is 0.158. The van der Waals surface area contributed by atoms with Crippen LogP contribution < -0.4 is 14.8 Å². The standard InChI is InChI=1S/C19H16N2O4S/c1-23-14-9-8-12-15(16(14)24-2)18(22)25-17(12)21-19-20-13(10-26-19)11-6-4-3-5-7-11/h3-10,17H,1-2H3,(H,20,21). The van der Waals surface area contributed by atoms with E-state index in [-0.39, 0.29) is 0 Å². The lowest BCUT2D eigenvalue weighted by molar-refractivity contribution is 0.0435. The SMILES string of the molecule is COc1ccc2c(c1OC)C(=O)OC2Nc1nc(-c2ccccc2)cs1. The highest BCUT2D eigenvalue weighted by Gasteiger charge is 2.36. The molecule has 0 radical (unpaired) electrons. The summed E-state index contributed by atoms with van der Waals surface area (Å²) in [5.74, 6) is 0.418. The Hall–Kier alpha value is -3.06. The normalized spacial score (nSPS) is 15.3. The molecule has 1 atom stereocenters. The number of ether oxygens (including phenoxy) is 3. The van der Waals surface area contributed by atoms with Crippen molar-refractivity contribution in [1.29, 1.82) is 0 Å². The number of cyclic esters (lactones) is 1. The third kappa shape index (κ3) is 2.76. The second kappa shape index (κ2) is 6.68. The van der Waals surface area contributed by atoms with E-state index in [0.29, 0.717) is 27.8 Å². The smallest absolute Gasteiger partial charge is 0.344 e. The number of methoxy groups -OCH3 is 2. The van der Waals surface area contributed by atoms with Crippen molar-refractivity contribution >= 4 is 22.4 Å². The van der Waals surface area contributed by atoms with E-state index in [0.717, 1.165) is 11.3 Å². The number of thiazole rings is 1. The number of rotatable bonds is 5. The quantitative estimate of drug-likeness (QED) is 0.684. The number of carbonyl (C=O) groups excluding carboxylic acids is 1. The molecule has 0 saturated heterocycles. The number of benzene rings is 2. The predicted molar refractivity (Wildman–Crippen MR) is 98.9 cm³/mol. The van der Waals surface area contributed by atoms with Crippen LogP contribution in [0.4, 0.5) is 5.13 Å². The first-order valence-electron chi connectivity index (χ1n) is 7.94. The van der Waals surface area contributed by atoms with Gasteiger partial charge >= 0.3 is 5.97 Å². The molecule has 0 amide bonds. The molecule has 1 unspecified atom stereocenters. The Labute approximate surface area is 154 Å². The first kappa shape index (κ1) is 16.4. The first-order chi connectivity index (χ1) is 12.7.